The Labute approximate surface area is 103 Å². The van der Waals surface area contributed by atoms with Gasteiger partial charge in [0, 0.05) is 23.2 Å². The zero-order valence-electron chi connectivity index (χ0n) is 10.8. The van der Waals surface area contributed by atoms with Gasteiger partial charge in [-0.1, -0.05) is 27.7 Å². The third kappa shape index (κ3) is 3.75. The van der Waals surface area contributed by atoms with Gasteiger partial charge in [0.05, 0.1) is 0 Å². The number of rotatable bonds is 3. The van der Waals surface area contributed by atoms with E-state index in [9.17, 15) is 0 Å². The normalized spacial score (nSPS) is 13.9. The summed E-state index contributed by atoms with van der Waals surface area (Å²) in [6.07, 6.45) is 1.75. The quantitative estimate of drug-likeness (QED) is 0.756. The molecule has 1 aromatic rings. The van der Waals surface area contributed by atoms with E-state index in [1.165, 1.54) is 0 Å². The first-order valence-electron chi connectivity index (χ1n) is 5.80. The molecule has 1 rings (SSSR count). The van der Waals surface area contributed by atoms with Crippen LogP contribution in [-0.4, -0.2) is 15.3 Å². The fourth-order valence-corrected chi connectivity index (χ4v) is 1.63. The van der Waals surface area contributed by atoms with Gasteiger partial charge >= 0.3 is 0 Å². The third-order valence-electron chi connectivity index (χ3n) is 2.63. The molecule has 0 N–H and O–H groups in total. The van der Waals surface area contributed by atoms with E-state index in [0.29, 0.717) is 0 Å². The Kier molecular flexibility index (Phi) is 4.31. The van der Waals surface area contributed by atoms with E-state index in [2.05, 4.69) is 43.7 Å². The summed E-state index contributed by atoms with van der Waals surface area (Å²) in [6, 6.07) is 2.06. The highest BCUT2D eigenvalue weighted by Crippen LogP contribution is 2.27. The molecule has 1 unspecified atom stereocenters. The lowest BCUT2D eigenvalue weighted by atomic mass is 9.89. The van der Waals surface area contributed by atoms with Crippen molar-refractivity contribution < 1.29 is 0 Å². The number of alkyl halides is 1. The van der Waals surface area contributed by atoms with Crippen molar-refractivity contribution in [2.24, 2.45) is 5.41 Å². The molecule has 16 heavy (non-hydrogen) atoms. The molecule has 0 saturated heterocycles. The molecule has 1 atom stereocenters. The van der Waals surface area contributed by atoms with Crippen LogP contribution >= 0.6 is 11.6 Å². The van der Waals surface area contributed by atoms with E-state index >= 15 is 0 Å². The standard InChI is InChI=1S/C13H21ClN2/c1-6-10-7-11(16-9(2)15-10)8-12(14)13(3,4)5/h7,12H,6,8H2,1-5H3. The minimum atomic E-state index is 0.103. The van der Waals surface area contributed by atoms with Gasteiger partial charge in [0.15, 0.2) is 0 Å². The number of hydrogen-bond acceptors (Lipinski definition) is 2. The molecular formula is C13H21ClN2. The zero-order chi connectivity index (χ0) is 12.3. The predicted molar refractivity (Wildman–Crippen MR) is 68.9 cm³/mol. The van der Waals surface area contributed by atoms with E-state index in [0.717, 1.165) is 30.1 Å². The fraction of sp³-hybridized carbons (Fsp3) is 0.692. The first kappa shape index (κ1) is 13.4. The van der Waals surface area contributed by atoms with Gasteiger partial charge in [-0.15, -0.1) is 11.6 Å². The van der Waals surface area contributed by atoms with Crippen LogP contribution in [0.15, 0.2) is 6.07 Å². The van der Waals surface area contributed by atoms with Crippen molar-refractivity contribution in [3.63, 3.8) is 0 Å². The molecule has 0 aliphatic rings. The van der Waals surface area contributed by atoms with Crippen molar-refractivity contribution in [2.75, 3.05) is 0 Å². The Morgan fingerprint density at radius 2 is 1.81 bits per heavy atom. The first-order valence-corrected chi connectivity index (χ1v) is 6.24. The van der Waals surface area contributed by atoms with Crippen LogP contribution in [0.4, 0.5) is 0 Å². The van der Waals surface area contributed by atoms with Crippen LogP contribution in [0.3, 0.4) is 0 Å². The monoisotopic (exact) mass is 240 g/mol. The average Bonchev–Trinajstić information content (AvgIpc) is 2.15. The summed E-state index contributed by atoms with van der Waals surface area (Å²) in [5, 5.41) is 0.103. The molecule has 0 bridgehead atoms. The Bertz CT molecular complexity index is 355. The lowest BCUT2D eigenvalue weighted by Gasteiger charge is -2.24. The molecule has 3 heteroatoms. The van der Waals surface area contributed by atoms with Gasteiger partial charge in [0.1, 0.15) is 5.82 Å². The van der Waals surface area contributed by atoms with Crippen LogP contribution in [0.5, 0.6) is 0 Å². The Morgan fingerprint density at radius 3 is 2.31 bits per heavy atom. The van der Waals surface area contributed by atoms with Crippen LogP contribution in [0.25, 0.3) is 0 Å². The molecule has 1 aromatic heterocycles. The number of aryl methyl sites for hydroxylation is 2. The van der Waals surface area contributed by atoms with Crippen molar-refractivity contribution in [3.8, 4) is 0 Å². The smallest absolute Gasteiger partial charge is 0.125 e. The maximum Gasteiger partial charge on any atom is 0.125 e. The Balaban J connectivity index is 2.85. The van der Waals surface area contributed by atoms with Crippen molar-refractivity contribution in [1.29, 1.82) is 0 Å². The highest BCUT2D eigenvalue weighted by Gasteiger charge is 2.23. The van der Waals surface area contributed by atoms with Gasteiger partial charge in [-0.05, 0) is 24.8 Å². The number of halogens is 1. The van der Waals surface area contributed by atoms with Gasteiger partial charge in [-0.25, -0.2) is 9.97 Å². The maximum absolute atomic E-state index is 6.38. The Hall–Kier alpha value is -0.630. The van der Waals surface area contributed by atoms with Gasteiger partial charge in [0.2, 0.25) is 0 Å². The second-order valence-corrected chi connectivity index (χ2v) is 5.82. The molecule has 0 fully saturated rings. The molecule has 0 aliphatic carbocycles. The largest absolute Gasteiger partial charge is 0.238 e. The number of hydrogen-bond donors (Lipinski definition) is 0. The zero-order valence-corrected chi connectivity index (χ0v) is 11.6. The highest BCUT2D eigenvalue weighted by molar-refractivity contribution is 6.21. The summed E-state index contributed by atoms with van der Waals surface area (Å²) >= 11 is 6.38. The molecule has 90 valence electrons. The summed E-state index contributed by atoms with van der Waals surface area (Å²) < 4.78 is 0. The number of nitrogens with zero attached hydrogens (tertiary/aromatic N) is 2. The second kappa shape index (κ2) is 5.13. The highest BCUT2D eigenvalue weighted by atomic mass is 35.5. The average molecular weight is 241 g/mol. The van der Waals surface area contributed by atoms with E-state index in [-0.39, 0.29) is 10.8 Å². The van der Waals surface area contributed by atoms with Crippen molar-refractivity contribution in [2.45, 2.75) is 52.8 Å². The summed E-state index contributed by atoms with van der Waals surface area (Å²) in [5.74, 6) is 0.840. The predicted octanol–water partition coefficient (Wildman–Crippen LogP) is 3.54. The first-order chi connectivity index (χ1) is 7.32. The van der Waals surface area contributed by atoms with Gasteiger partial charge < -0.3 is 0 Å². The van der Waals surface area contributed by atoms with E-state index in [4.69, 9.17) is 11.6 Å². The lowest BCUT2D eigenvalue weighted by Crippen LogP contribution is -2.23. The van der Waals surface area contributed by atoms with E-state index < -0.39 is 0 Å². The van der Waals surface area contributed by atoms with Crippen molar-refractivity contribution >= 4 is 11.6 Å². The van der Waals surface area contributed by atoms with Crippen LogP contribution < -0.4 is 0 Å². The van der Waals surface area contributed by atoms with Crippen LogP contribution in [0, 0.1) is 12.3 Å². The maximum atomic E-state index is 6.38. The Morgan fingerprint density at radius 1 is 1.25 bits per heavy atom. The fourth-order valence-electron chi connectivity index (χ4n) is 1.47. The van der Waals surface area contributed by atoms with Crippen LogP contribution in [0.2, 0.25) is 0 Å². The molecule has 0 radical (unpaired) electrons. The minimum Gasteiger partial charge on any atom is -0.238 e. The van der Waals surface area contributed by atoms with Crippen LogP contribution in [-0.2, 0) is 12.8 Å². The molecule has 0 saturated carbocycles. The molecule has 0 aliphatic heterocycles. The van der Waals surface area contributed by atoms with E-state index in [1.807, 2.05) is 6.92 Å². The lowest BCUT2D eigenvalue weighted by molar-refractivity contribution is 0.384. The molecule has 0 spiro atoms. The van der Waals surface area contributed by atoms with Gasteiger partial charge in [-0.3, -0.25) is 0 Å². The van der Waals surface area contributed by atoms with Gasteiger partial charge in [0.25, 0.3) is 0 Å². The van der Waals surface area contributed by atoms with Crippen LogP contribution in [0.1, 0.15) is 44.9 Å². The molecule has 1 heterocycles. The van der Waals surface area contributed by atoms with Crippen molar-refractivity contribution in [3.05, 3.63) is 23.3 Å². The summed E-state index contributed by atoms with van der Waals surface area (Å²) in [7, 11) is 0. The molecule has 0 amide bonds. The van der Waals surface area contributed by atoms with Gasteiger partial charge in [-0.2, -0.15) is 0 Å². The van der Waals surface area contributed by atoms with E-state index in [1.54, 1.807) is 0 Å². The molecule has 0 aromatic carbocycles. The molecule has 2 nitrogen and oxygen atoms in total. The SMILES string of the molecule is CCc1cc(CC(Cl)C(C)(C)C)nc(C)n1. The minimum absolute atomic E-state index is 0.103. The van der Waals surface area contributed by atoms with Crippen molar-refractivity contribution in [1.82, 2.24) is 9.97 Å². The third-order valence-corrected chi connectivity index (χ3v) is 3.44. The summed E-state index contributed by atoms with van der Waals surface area (Å²) in [4.78, 5) is 8.81. The topological polar surface area (TPSA) is 25.8 Å². The summed E-state index contributed by atoms with van der Waals surface area (Å²) in [6.45, 7) is 10.5. The number of aromatic nitrogens is 2. The molecular weight excluding hydrogens is 220 g/mol. The summed E-state index contributed by atoms with van der Waals surface area (Å²) in [5.41, 5.74) is 2.26. The second-order valence-electron chi connectivity index (χ2n) is 5.29.